The fourth-order valence-corrected chi connectivity index (χ4v) is 0.611. The van der Waals surface area contributed by atoms with Gasteiger partial charge in [-0.15, -0.1) is 0 Å². The minimum absolute atomic E-state index is 0.801. The van der Waals surface area contributed by atoms with Crippen LogP contribution in [-0.4, -0.2) is 0 Å². The van der Waals surface area contributed by atoms with Crippen molar-refractivity contribution in [3.63, 3.8) is 0 Å². The van der Waals surface area contributed by atoms with Gasteiger partial charge >= 0.3 is 0 Å². The second kappa shape index (κ2) is 1.95. The highest BCUT2D eigenvalue weighted by atomic mass is 14.9. The topological polar surface area (TPSA) is 3.88 Å². The molecule has 0 aliphatic rings. The van der Waals surface area contributed by atoms with Gasteiger partial charge in [0.2, 0.25) is 0 Å². The summed E-state index contributed by atoms with van der Waals surface area (Å²) in [7, 11) is 1.94. The smallest absolute Gasteiger partial charge is 0.172 e. The number of aryl methyl sites for hydroxylation is 1. The second-order valence-corrected chi connectivity index (χ2v) is 1.80. The molecule has 1 aromatic rings. The molecule has 0 saturated carbocycles. The first-order valence-electron chi connectivity index (χ1n) is 2.50. The highest BCUT2D eigenvalue weighted by Crippen LogP contribution is 1.86. The van der Waals surface area contributed by atoms with E-state index in [0.29, 0.717) is 0 Å². The van der Waals surface area contributed by atoms with Crippen molar-refractivity contribution in [1.29, 1.82) is 0 Å². The quantitative estimate of drug-likeness (QED) is 0.426. The summed E-state index contributed by atoms with van der Waals surface area (Å²) in [6, 6.07) is 3.77. The lowest BCUT2D eigenvalue weighted by molar-refractivity contribution is -0.671. The van der Waals surface area contributed by atoms with Gasteiger partial charge in [0.05, 0.1) is 0 Å². The van der Waals surface area contributed by atoms with Gasteiger partial charge in [0.25, 0.3) is 0 Å². The predicted octanol–water partition coefficient (Wildman–Crippen LogP) is 0.570. The van der Waals surface area contributed by atoms with Gasteiger partial charge in [-0.3, -0.25) is 0 Å². The van der Waals surface area contributed by atoms with Crippen molar-refractivity contribution in [1.82, 2.24) is 0 Å². The van der Waals surface area contributed by atoms with E-state index in [4.69, 9.17) is 6.92 Å². The summed E-state index contributed by atoms with van der Waals surface area (Å²) in [5.74, 6) is 0. The van der Waals surface area contributed by atoms with Gasteiger partial charge in [0.15, 0.2) is 12.4 Å². The van der Waals surface area contributed by atoms with Crippen LogP contribution in [0, 0.1) is 6.92 Å². The zero-order chi connectivity index (χ0) is 5.98. The van der Waals surface area contributed by atoms with Crippen LogP contribution in [0.15, 0.2) is 24.5 Å². The average molecular weight is 106 g/mol. The molecule has 1 heteroatoms. The Labute approximate surface area is 49.6 Å². The second-order valence-electron chi connectivity index (χ2n) is 1.80. The van der Waals surface area contributed by atoms with E-state index in [1.807, 2.05) is 36.1 Å². The van der Waals surface area contributed by atoms with Crippen molar-refractivity contribution in [2.75, 3.05) is 0 Å². The van der Waals surface area contributed by atoms with E-state index in [0.717, 1.165) is 5.56 Å². The number of hydrogen-bond acceptors (Lipinski definition) is 0. The van der Waals surface area contributed by atoms with E-state index in [9.17, 15) is 0 Å². The molecule has 0 aromatic carbocycles. The summed E-state index contributed by atoms with van der Waals surface area (Å²) in [4.78, 5) is 0. The van der Waals surface area contributed by atoms with E-state index < -0.39 is 0 Å². The molecule has 0 amide bonds. The normalized spacial score (nSPS) is 9.25. The van der Waals surface area contributed by atoms with Crippen LogP contribution in [0.1, 0.15) is 5.56 Å². The third kappa shape index (κ3) is 1.06. The molecule has 0 atom stereocenters. The van der Waals surface area contributed by atoms with Crippen molar-refractivity contribution in [3.05, 3.63) is 37.0 Å². The molecule has 0 fully saturated rings. The van der Waals surface area contributed by atoms with Gasteiger partial charge in [0, 0.05) is 18.6 Å². The van der Waals surface area contributed by atoms with Crippen LogP contribution in [0.2, 0.25) is 0 Å². The SMILES string of the molecule is [CH]c1ccc[n+](C)c1. The lowest BCUT2D eigenvalue weighted by atomic mass is 10.3. The first-order valence-corrected chi connectivity index (χ1v) is 2.50. The van der Waals surface area contributed by atoms with Gasteiger partial charge in [-0.05, 0) is 6.07 Å². The maximum Gasteiger partial charge on any atom is 0.172 e. The number of hydrogen-bond donors (Lipinski definition) is 0. The van der Waals surface area contributed by atoms with Gasteiger partial charge in [-0.25, -0.2) is 4.57 Å². The van der Waals surface area contributed by atoms with Crippen molar-refractivity contribution in [2.24, 2.45) is 7.05 Å². The summed E-state index contributed by atoms with van der Waals surface area (Å²) < 4.78 is 1.91. The molecule has 1 rings (SSSR count). The van der Waals surface area contributed by atoms with Crippen LogP contribution in [0.25, 0.3) is 0 Å². The number of nitrogens with zero attached hydrogens (tertiary/aromatic N) is 1. The van der Waals surface area contributed by atoms with Crippen LogP contribution in [-0.2, 0) is 7.05 Å². The zero-order valence-electron chi connectivity index (χ0n) is 4.83. The van der Waals surface area contributed by atoms with Crippen LogP contribution in [0.5, 0.6) is 0 Å². The first kappa shape index (κ1) is 5.29. The molecule has 0 bridgehead atoms. The summed E-state index contributed by atoms with van der Waals surface area (Å²) in [5.41, 5.74) is 0.801. The van der Waals surface area contributed by atoms with Crippen LogP contribution >= 0.6 is 0 Å². The minimum Gasteiger partial charge on any atom is -0.208 e. The summed E-state index contributed by atoms with van der Waals surface area (Å²) in [5, 5.41) is 0. The predicted molar refractivity (Wildman–Crippen MR) is 31.0 cm³/mol. The maximum absolute atomic E-state index is 5.44. The fraction of sp³-hybridized carbons (Fsp3) is 0.143. The molecule has 0 spiro atoms. The summed E-state index contributed by atoms with van der Waals surface area (Å²) in [6.07, 6.45) is 3.80. The third-order valence-corrected chi connectivity index (χ3v) is 0.963. The molecule has 1 aromatic heterocycles. The molecule has 8 heavy (non-hydrogen) atoms. The molecule has 0 aliphatic carbocycles. The third-order valence-electron chi connectivity index (χ3n) is 0.963. The Hall–Kier alpha value is -0.850. The Morgan fingerprint density at radius 1 is 1.62 bits per heavy atom. The number of aromatic nitrogens is 1. The van der Waals surface area contributed by atoms with E-state index >= 15 is 0 Å². The summed E-state index contributed by atoms with van der Waals surface area (Å²) in [6.45, 7) is 5.44. The minimum atomic E-state index is 0.801. The molecule has 0 saturated heterocycles. The first-order chi connectivity index (χ1) is 3.79. The maximum atomic E-state index is 5.44. The average Bonchev–Trinajstić information content (AvgIpc) is 1.64. The Kier molecular flexibility index (Phi) is 1.29. The molecule has 0 aliphatic heterocycles. The fourth-order valence-electron chi connectivity index (χ4n) is 0.611. The Morgan fingerprint density at radius 2 is 2.38 bits per heavy atom. The number of rotatable bonds is 0. The van der Waals surface area contributed by atoms with E-state index in [1.54, 1.807) is 0 Å². The van der Waals surface area contributed by atoms with Crippen LogP contribution in [0.3, 0.4) is 0 Å². The molecular weight excluding hydrogens is 98.1 g/mol. The lowest BCUT2D eigenvalue weighted by Crippen LogP contribution is -2.26. The molecule has 40 valence electrons. The highest BCUT2D eigenvalue weighted by molar-refractivity contribution is 5.07. The van der Waals surface area contributed by atoms with E-state index in [1.165, 1.54) is 0 Å². The van der Waals surface area contributed by atoms with Gasteiger partial charge in [0.1, 0.15) is 7.05 Å². The van der Waals surface area contributed by atoms with Gasteiger partial charge < -0.3 is 0 Å². The highest BCUT2D eigenvalue weighted by Gasteiger charge is 1.87. The van der Waals surface area contributed by atoms with Crippen molar-refractivity contribution < 1.29 is 4.57 Å². The lowest BCUT2D eigenvalue weighted by Gasteiger charge is -1.85. The van der Waals surface area contributed by atoms with E-state index in [2.05, 4.69) is 0 Å². The molecule has 0 unspecified atom stereocenters. The van der Waals surface area contributed by atoms with Gasteiger partial charge in [-0.1, -0.05) is 0 Å². The molecule has 0 N–H and O–H groups in total. The largest absolute Gasteiger partial charge is 0.208 e. The Morgan fingerprint density at radius 3 is 2.75 bits per heavy atom. The Balaban J connectivity index is 3.08. The van der Waals surface area contributed by atoms with Gasteiger partial charge in [-0.2, -0.15) is 0 Å². The summed E-state index contributed by atoms with van der Waals surface area (Å²) >= 11 is 0. The van der Waals surface area contributed by atoms with Crippen LogP contribution < -0.4 is 4.57 Å². The van der Waals surface area contributed by atoms with Crippen LogP contribution in [0.4, 0.5) is 0 Å². The van der Waals surface area contributed by atoms with Crippen molar-refractivity contribution >= 4 is 0 Å². The Bertz CT molecular complexity index is 164. The molecule has 2 radical (unpaired) electrons. The van der Waals surface area contributed by atoms with Crippen molar-refractivity contribution in [3.8, 4) is 0 Å². The standard InChI is InChI=1S/C7H8N/c1-7-4-3-5-8(2)6-7/h1,3-6H,2H3/q+1. The molecular formula is C7H8N+. The van der Waals surface area contributed by atoms with Crippen molar-refractivity contribution in [2.45, 2.75) is 0 Å². The molecule has 1 nitrogen and oxygen atoms in total. The molecule has 1 heterocycles. The monoisotopic (exact) mass is 106 g/mol. The number of pyridine rings is 1. The van der Waals surface area contributed by atoms with E-state index in [-0.39, 0.29) is 0 Å². The zero-order valence-corrected chi connectivity index (χ0v) is 4.83.